The summed E-state index contributed by atoms with van der Waals surface area (Å²) in [5.41, 5.74) is 6.12. The molecule has 4 nitrogen and oxygen atoms in total. The van der Waals surface area contributed by atoms with E-state index in [1.807, 2.05) is 0 Å². The molecular weight excluding hydrogens is 350 g/mol. The third-order valence-corrected chi connectivity index (χ3v) is 7.44. The minimum Gasteiger partial charge on any atom is -0.327 e. The summed E-state index contributed by atoms with van der Waals surface area (Å²) in [6, 6.07) is 1.96. The molecule has 1 saturated heterocycles. The molecule has 1 heterocycles. The lowest BCUT2D eigenvalue weighted by Gasteiger charge is -2.29. The van der Waals surface area contributed by atoms with Crippen molar-refractivity contribution in [2.75, 3.05) is 13.1 Å². The molecule has 122 valence electrons. The summed E-state index contributed by atoms with van der Waals surface area (Å²) in [4.78, 5) is -0.218. The molecule has 1 aromatic carbocycles. The average molecular weight is 367 g/mol. The smallest absolute Gasteiger partial charge is 0.246 e. The Balaban J connectivity index is 1.95. The number of halogens is 3. The highest BCUT2D eigenvalue weighted by Gasteiger charge is 2.44. The number of sulfonamides is 1. The normalized spacial score (nSPS) is 29.5. The molecule has 2 fully saturated rings. The number of fused-ring (bicyclic) bond motifs is 1. The van der Waals surface area contributed by atoms with Crippen LogP contribution < -0.4 is 5.73 Å². The maximum absolute atomic E-state index is 13.3. The summed E-state index contributed by atoms with van der Waals surface area (Å²) < 4.78 is 40.3. The second-order valence-electron chi connectivity index (χ2n) is 6.04. The fraction of sp³-hybridized carbons (Fsp3) is 0.571. The number of hydrogen-bond donors (Lipinski definition) is 1. The lowest BCUT2D eigenvalue weighted by Crippen LogP contribution is -2.38. The van der Waals surface area contributed by atoms with Crippen molar-refractivity contribution in [3.63, 3.8) is 0 Å². The minimum atomic E-state index is -3.85. The van der Waals surface area contributed by atoms with Gasteiger partial charge in [-0.3, -0.25) is 0 Å². The zero-order valence-electron chi connectivity index (χ0n) is 11.8. The lowest BCUT2D eigenvalue weighted by atomic mass is 9.78. The van der Waals surface area contributed by atoms with Crippen LogP contribution in [-0.2, 0) is 10.0 Å². The van der Waals surface area contributed by atoms with Crippen LogP contribution in [0.25, 0.3) is 0 Å². The first-order valence-corrected chi connectivity index (χ1v) is 9.40. The predicted octanol–water partition coefficient (Wildman–Crippen LogP) is 2.88. The summed E-state index contributed by atoms with van der Waals surface area (Å²) in [7, 11) is -3.85. The number of benzene rings is 1. The molecule has 3 rings (SSSR count). The van der Waals surface area contributed by atoms with Gasteiger partial charge in [-0.2, -0.15) is 4.31 Å². The van der Waals surface area contributed by atoms with Crippen LogP contribution in [0.3, 0.4) is 0 Å². The molecule has 8 heteroatoms. The Morgan fingerprint density at radius 3 is 2.41 bits per heavy atom. The van der Waals surface area contributed by atoms with E-state index in [0.717, 1.165) is 31.4 Å². The zero-order valence-corrected chi connectivity index (χ0v) is 14.1. The first kappa shape index (κ1) is 16.5. The topological polar surface area (TPSA) is 63.4 Å². The van der Waals surface area contributed by atoms with E-state index in [4.69, 9.17) is 28.9 Å². The first-order chi connectivity index (χ1) is 10.3. The van der Waals surface area contributed by atoms with Gasteiger partial charge in [-0.1, -0.05) is 29.6 Å². The van der Waals surface area contributed by atoms with Crippen LogP contribution in [0.2, 0.25) is 10.0 Å². The SMILES string of the molecule is NC1CCCC2CN(S(=O)(=O)c3c(Cl)cc(F)cc3Cl)CC12. The molecule has 1 aromatic rings. The van der Waals surface area contributed by atoms with Crippen LogP contribution in [0.5, 0.6) is 0 Å². The number of nitrogens with two attached hydrogens (primary N) is 1. The van der Waals surface area contributed by atoms with E-state index in [9.17, 15) is 12.8 Å². The fourth-order valence-electron chi connectivity index (χ4n) is 3.58. The Bertz CT molecular complexity index is 675. The molecule has 0 radical (unpaired) electrons. The molecule has 1 aliphatic carbocycles. The van der Waals surface area contributed by atoms with Crippen molar-refractivity contribution in [2.45, 2.75) is 30.2 Å². The molecule has 0 spiro atoms. The Labute approximate surface area is 139 Å². The largest absolute Gasteiger partial charge is 0.327 e. The van der Waals surface area contributed by atoms with E-state index in [1.165, 1.54) is 4.31 Å². The molecular formula is C14H17Cl2FN2O2S. The van der Waals surface area contributed by atoms with Gasteiger partial charge >= 0.3 is 0 Å². The fourth-order valence-corrected chi connectivity index (χ4v) is 6.25. The van der Waals surface area contributed by atoms with Crippen LogP contribution in [0.1, 0.15) is 19.3 Å². The van der Waals surface area contributed by atoms with Crippen molar-refractivity contribution >= 4 is 33.2 Å². The van der Waals surface area contributed by atoms with Gasteiger partial charge in [0.1, 0.15) is 10.7 Å². The summed E-state index contributed by atoms with van der Waals surface area (Å²) in [5, 5.41) is -0.381. The van der Waals surface area contributed by atoms with Crippen molar-refractivity contribution < 1.29 is 12.8 Å². The van der Waals surface area contributed by atoms with Crippen molar-refractivity contribution in [2.24, 2.45) is 17.6 Å². The number of rotatable bonds is 2. The zero-order chi connectivity index (χ0) is 16.1. The number of nitrogens with zero attached hydrogens (tertiary/aromatic N) is 1. The van der Waals surface area contributed by atoms with Gasteiger partial charge in [-0.05, 0) is 36.8 Å². The highest BCUT2D eigenvalue weighted by atomic mass is 35.5. The van der Waals surface area contributed by atoms with E-state index in [2.05, 4.69) is 0 Å². The van der Waals surface area contributed by atoms with E-state index >= 15 is 0 Å². The third-order valence-electron chi connectivity index (χ3n) is 4.68. The van der Waals surface area contributed by atoms with Gasteiger partial charge in [0.15, 0.2) is 0 Å². The molecule has 1 aliphatic heterocycles. The molecule has 2 aliphatic rings. The minimum absolute atomic E-state index is 0.0260. The molecule has 0 bridgehead atoms. The lowest BCUT2D eigenvalue weighted by molar-refractivity contribution is 0.260. The van der Waals surface area contributed by atoms with Crippen LogP contribution in [0, 0.1) is 17.7 Å². The van der Waals surface area contributed by atoms with Gasteiger partial charge in [0.05, 0.1) is 10.0 Å². The molecule has 2 N–H and O–H groups in total. The average Bonchev–Trinajstić information content (AvgIpc) is 2.83. The molecule has 0 aromatic heterocycles. The standard InChI is InChI=1S/C14H17Cl2FN2O2S/c15-11-4-9(17)5-12(16)14(11)22(20,21)19-6-8-2-1-3-13(18)10(8)7-19/h4-5,8,10,13H,1-3,6-7,18H2. The van der Waals surface area contributed by atoms with Gasteiger partial charge in [0.2, 0.25) is 10.0 Å². The Morgan fingerprint density at radius 2 is 1.82 bits per heavy atom. The van der Waals surface area contributed by atoms with E-state index in [0.29, 0.717) is 13.1 Å². The second-order valence-corrected chi connectivity index (χ2v) is 8.73. The van der Waals surface area contributed by atoms with Crippen molar-refractivity contribution in [1.82, 2.24) is 4.31 Å². The van der Waals surface area contributed by atoms with Gasteiger partial charge in [-0.15, -0.1) is 0 Å². The highest BCUT2D eigenvalue weighted by molar-refractivity contribution is 7.89. The van der Waals surface area contributed by atoms with Gasteiger partial charge in [0, 0.05) is 19.1 Å². The van der Waals surface area contributed by atoms with Gasteiger partial charge in [-0.25, -0.2) is 12.8 Å². The van der Waals surface area contributed by atoms with Crippen LogP contribution >= 0.6 is 23.2 Å². The maximum atomic E-state index is 13.3. The summed E-state index contributed by atoms with van der Waals surface area (Å²) in [6.07, 6.45) is 2.93. The molecule has 22 heavy (non-hydrogen) atoms. The Kier molecular flexibility index (Phi) is 4.42. The quantitative estimate of drug-likeness (QED) is 0.874. The van der Waals surface area contributed by atoms with E-state index in [-0.39, 0.29) is 32.8 Å². The third kappa shape index (κ3) is 2.76. The van der Waals surface area contributed by atoms with Crippen LogP contribution in [-0.4, -0.2) is 31.9 Å². The monoisotopic (exact) mass is 366 g/mol. The molecule has 3 atom stereocenters. The van der Waals surface area contributed by atoms with E-state index in [1.54, 1.807) is 0 Å². The van der Waals surface area contributed by atoms with Crippen molar-refractivity contribution in [3.05, 3.63) is 28.0 Å². The Hall–Kier alpha value is -0.400. The molecule has 3 unspecified atom stereocenters. The summed E-state index contributed by atoms with van der Waals surface area (Å²) in [5.74, 6) is -0.218. The molecule has 1 saturated carbocycles. The predicted molar refractivity (Wildman–Crippen MR) is 84.0 cm³/mol. The van der Waals surface area contributed by atoms with Crippen molar-refractivity contribution in [3.8, 4) is 0 Å². The van der Waals surface area contributed by atoms with Crippen molar-refractivity contribution in [1.29, 1.82) is 0 Å². The second kappa shape index (κ2) is 5.91. The summed E-state index contributed by atoms with van der Waals surface area (Å²) in [6.45, 7) is 0.795. The van der Waals surface area contributed by atoms with Gasteiger partial charge in [0.25, 0.3) is 0 Å². The van der Waals surface area contributed by atoms with E-state index < -0.39 is 15.8 Å². The van der Waals surface area contributed by atoms with Gasteiger partial charge < -0.3 is 5.73 Å². The van der Waals surface area contributed by atoms with Crippen LogP contribution in [0.4, 0.5) is 4.39 Å². The number of hydrogen-bond acceptors (Lipinski definition) is 3. The molecule has 0 amide bonds. The Morgan fingerprint density at radius 1 is 1.18 bits per heavy atom. The van der Waals surface area contributed by atoms with Crippen LogP contribution in [0.15, 0.2) is 17.0 Å². The first-order valence-electron chi connectivity index (χ1n) is 7.21. The highest BCUT2D eigenvalue weighted by Crippen LogP contribution is 2.40. The maximum Gasteiger partial charge on any atom is 0.246 e. The summed E-state index contributed by atoms with van der Waals surface area (Å²) >= 11 is 11.8.